The maximum Gasteiger partial charge on any atom is 0.176 e. The van der Waals surface area contributed by atoms with Gasteiger partial charge in [-0.25, -0.2) is 8.42 Å². The zero-order chi connectivity index (χ0) is 14.8. The third-order valence-corrected chi connectivity index (χ3v) is 4.76. The SMILES string of the molecule is CNCC(=O)c1ccc(OC2CS(=O)(=O)C2)c(OC)c1. The van der Waals surface area contributed by atoms with Crippen LogP contribution in [0.1, 0.15) is 10.4 Å². The highest BCUT2D eigenvalue weighted by molar-refractivity contribution is 7.92. The van der Waals surface area contributed by atoms with Crippen molar-refractivity contribution in [1.29, 1.82) is 0 Å². The fourth-order valence-electron chi connectivity index (χ4n) is 1.97. The molecule has 2 rings (SSSR count). The lowest BCUT2D eigenvalue weighted by molar-refractivity contribution is 0.0993. The number of nitrogens with one attached hydrogen (secondary N) is 1. The molecule has 110 valence electrons. The van der Waals surface area contributed by atoms with Gasteiger partial charge < -0.3 is 14.8 Å². The van der Waals surface area contributed by atoms with Gasteiger partial charge in [-0.2, -0.15) is 0 Å². The van der Waals surface area contributed by atoms with Crippen LogP contribution in [-0.4, -0.2) is 52.5 Å². The Kier molecular flexibility index (Phi) is 4.29. The molecule has 1 N–H and O–H groups in total. The second-order valence-electron chi connectivity index (χ2n) is 4.64. The van der Waals surface area contributed by atoms with Crippen molar-refractivity contribution in [2.75, 3.05) is 32.2 Å². The van der Waals surface area contributed by atoms with Gasteiger partial charge in [0.1, 0.15) is 6.10 Å². The van der Waals surface area contributed by atoms with Crippen molar-refractivity contribution in [3.63, 3.8) is 0 Å². The average Bonchev–Trinajstić information content (AvgIpc) is 2.37. The lowest BCUT2D eigenvalue weighted by atomic mass is 10.1. The lowest BCUT2D eigenvalue weighted by Crippen LogP contribution is -2.45. The molecule has 6 nitrogen and oxygen atoms in total. The number of hydrogen-bond donors (Lipinski definition) is 1. The molecule has 1 aromatic carbocycles. The number of ketones is 1. The topological polar surface area (TPSA) is 81.7 Å². The fourth-order valence-corrected chi connectivity index (χ4v) is 3.14. The highest BCUT2D eigenvalue weighted by Gasteiger charge is 2.35. The minimum Gasteiger partial charge on any atom is -0.493 e. The third-order valence-electron chi connectivity index (χ3n) is 3.00. The Bertz CT molecular complexity index is 599. The molecule has 1 aliphatic rings. The van der Waals surface area contributed by atoms with E-state index >= 15 is 0 Å². The van der Waals surface area contributed by atoms with Gasteiger partial charge in [-0.1, -0.05) is 0 Å². The first-order chi connectivity index (χ1) is 9.45. The van der Waals surface area contributed by atoms with E-state index in [4.69, 9.17) is 9.47 Å². The van der Waals surface area contributed by atoms with Gasteiger partial charge in [-0.05, 0) is 25.2 Å². The molecule has 0 spiro atoms. The normalized spacial score (nSPS) is 17.3. The molecule has 1 fully saturated rings. The van der Waals surface area contributed by atoms with E-state index in [2.05, 4.69) is 5.32 Å². The number of sulfone groups is 1. The van der Waals surface area contributed by atoms with Gasteiger partial charge in [0, 0.05) is 5.56 Å². The highest BCUT2D eigenvalue weighted by Crippen LogP contribution is 2.31. The van der Waals surface area contributed by atoms with Gasteiger partial charge in [-0.3, -0.25) is 4.79 Å². The number of Topliss-reactive ketones (excluding diaryl/α,β-unsaturated/α-hetero) is 1. The van der Waals surface area contributed by atoms with E-state index in [-0.39, 0.29) is 29.9 Å². The van der Waals surface area contributed by atoms with Crippen LogP contribution in [-0.2, 0) is 9.84 Å². The maximum atomic E-state index is 11.8. The van der Waals surface area contributed by atoms with Crippen molar-refractivity contribution in [3.05, 3.63) is 23.8 Å². The first-order valence-electron chi connectivity index (χ1n) is 6.18. The largest absolute Gasteiger partial charge is 0.493 e. The Morgan fingerprint density at radius 2 is 2.05 bits per heavy atom. The van der Waals surface area contributed by atoms with Gasteiger partial charge in [0.15, 0.2) is 27.1 Å². The monoisotopic (exact) mass is 299 g/mol. The molecule has 0 atom stereocenters. The summed E-state index contributed by atoms with van der Waals surface area (Å²) in [5, 5.41) is 2.79. The van der Waals surface area contributed by atoms with Gasteiger partial charge >= 0.3 is 0 Å². The van der Waals surface area contributed by atoms with Crippen LogP contribution in [0.25, 0.3) is 0 Å². The van der Waals surface area contributed by atoms with E-state index in [9.17, 15) is 13.2 Å². The van der Waals surface area contributed by atoms with E-state index in [1.54, 1.807) is 25.2 Å². The van der Waals surface area contributed by atoms with Gasteiger partial charge in [0.25, 0.3) is 0 Å². The molecule has 20 heavy (non-hydrogen) atoms. The van der Waals surface area contributed by atoms with Crippen molar-refractivity contribution >= 4 is 15.6 Å². The minimum atomic E-state index is -2.93. The number of hydrogen-bond acceptors (Lipinski definition) is 6. The Morgan fingerprint density at radius 3 is 2.60 bits per heavy atom. The summed E-state index contributed by atoms with van der Waals surface area (Å²) in [4.78, 5) is 11.8. The van der Waals surface area contributed by atoms with Crippen molar-refractivity contribution in [1.82, 2.24) is 5.32 Å². The molecular formula is C13H17NO5S. The van der Waals surface area contributed by atoms with Gasteiger partial charge in [0.2, 0.25) is 0 Å². The molecule has 0 unspecified atom stereocenters. The summed E-state index contributed by atoms with van der Waals surface area (Å²) in [6, 6.07) is 4.87. The van der Waals surface area contributed by atoms with Crippen molar-refractivity contribution < 1.29 is 22.7 Å². The second-order valence-corrected chi connectivity index (χ2v) is 6.79. The summed E-state index contributed by atoms with van der Waals surface area (Å²) in [5.74, 6) is 0.876. The number of rotatable bonds is 6. The molecule has 7 heteroatoms. The zero-order valence-corrected chi connectivity index (χ0v) is 12.2. The molecule has 0 aromatic heterocycles. The van der Waals surface area contributed by atoms with Crippen LogP contribution in [0.4, 0.5) is 0 Å². The predicted molar refractivity (Wildman–Crippen MR) is 74.3 cm³/mol. The summed E-state index contributed by atoms with van der Waals surface area (Å²) < 4.78 is 32.9. The molecule has 0 radical (unpaired) electrons. The minimum absolute atomic E-state index is 0.0244. The number of methoxy groups -OCH3 is 1. The fraction of sp³-hybridized carbons (Fsp3) is 0.462. The van der Waals surface area contributed by atoms with Crippen LogP contribution in [0.5, 0.6) is 11.5 Å². The van der Waals surface area contributed by atoms with Crippen molar-refractivity contribution in [3.8, 4) is 11.5 Å². The summed E-state index contributed by atoms with van der Waals surface area (Å²) in [6.07, 6.45) is -0.340. The van der Waals surface area contributed by atoms with Crippen LogP contribution in [0.15, 0.2) is 18.2 Å². The molecular weight excluding hydrogens is 282 g/mol. The third kappa shape index (κ3) is 3.29. The molecule has 0 aliphatic carbocycles. The molecule has 0 saturated carbocycles. The quantitative estimate of drug-likeness (QED) is 0.760. The van der Waals surface area contributed by atoms with Crippen LogP contribution in [0.3, 0.4) is 0 Å². The smallest absolute Gasteiger partial charge is 0.176 e. The predicted octanol–water partition coefficient (Wildman–Crippen LogP) is 0.273. The Labute approximate surface area is 118 Å². The standard InChI is InChI=1S/C13H17NO5S/c1-14-6-11(15)9-3-4-12(13(5-9)18-2)19-10-7-20(16,17)8-10/h3-5,10,14H,6-8H2,1-2H3. The number of likely N-dealkylation sites (N-methyl/N-ethyl adjacent to an activating group) is 1. The van der Waals surface area contributed by atoms with Gasteiger partial charge in [0.05, 0.1) is 25.2 Å². The summed E-state index contributed by atoms with van der Waals surface area (Å²) in [6.45, 7) is 0.240. The number of carbonyl (C=O) groups excluding carboxylic acids is 1. The van der Waals surface area contributed by atoms with E-state index in [0.29, 0.717) is 17.1 Å². The van der Waals surface area contributed by atoms with Crippen LogP contribution >= 0.6 is 0 Å². The number of benzene rings is 1. The Hall–Kier alpha value is -1.60. The molecule has 1 aliphatic heterocycles. The first-order valence-corrected chi connectivity index (χ1v) is 8.00. The summed E-state index contributed by atoms with van der Waals surface area (Å²) in [7, 11) is 0.249. The Morgan fingerprint density at radius 1 is 1.35 bits per heavy atom. The van der Waals surface area contributed by atoms with E-state index in [1.165, 1.54) is 7.11 Å². The second kappa shape index (κ2) is 5.80. The number of carbonyl (C=O) groups is 1. The van der Waals surface area contributed by atoms with E-state index in [0.717, 1.165) is 0 Å². The van der Waals surface area contributed by atoms with E-state index in [1.807, 2.05) is 0 Å². The molecule has 1 heterocycles. The molecule has 1 saturated heterocycles. The van der Waals surface area contributed by atoms with Crippen LogP contribution in [0, 0.1) is 0 Å². The van der Waals surface area contributed by atoms with Gasteiger partial charge in [-0.15, -0.1) is 0 Å². The molecule has 1 aromatic rings. The summed E-state index contributed by atoms with van der Waals surface area (Å²) in [5.41, 5.74) is 0.518. The lowest BCUT2D eigenvalue weighted by Gasteiger charge is -2.27. The Balaban J connectivity index is 2.12. The number of ether oxygens (including phenoxy) is 2. The highest BCUT2D eigenvalue weighted by atomic mass is 32.2. The molecule has 0 amide bonds. The van der Waals surface area contributed by atoms with E-state index < -0.39 is 9.84 Å². The average molecular weight is 299 g/mol. The maximum absolute atomic E-state index is 11.8. The van der Waals surface area contributed by atoms with Crippen LogP contribution < -0.4 is 14.8 Å². The zero-order valence-electron chi connectivity index (χ0n) is 11.4. The first kappa shape index (κ1) is 14.8. The van der Waals surface area contributed by atoms with Crippen LogP contribution in [0.2, 0.25) is 0 Å². The van der Waals surface area contributed by atoms with Crippen molar-refractivity contribution in [2.45, 2.75) is 6.10 Å². The molecule has 0 bridgehead atoms. The van der Waals surface area contributed by atoms with Crippen molar-refractivity contribution in [2.24, 2.45) is 0 Å². The summed E-state index contributed by atoms with van der Waals surface area (Å²) >= 11 is 0.